The van der Waals surface area contributed by atoms with E-state index in [4.69, 9.17) is 10.5 Å². The van der Waals surface area contributed by atoms with Crippen LogP contribution in [0, 0.1) is 0 Å². The molecule has 0 aromatic heterocycles. The van der Waals surface area contributed by atoms with Gasteiger partial charge in [-0.15, -0.1) is 0 Å². The van der Waals surface area contributed by atoms with Crippen LogP contribution in [-0.2, 0) is 0 Å². The normalized spacial score (nSPS) is 17.2. The van der Waals surface area contributed by atoms with E-state index in [1.807, 2.05) is 0 Å². The fourth-order valence-electron chi connectivity index (χ4n) is 3.44. The first-order valence-electron chi connectivity index (χ1n) is 7.85. The monoisotopic (exact) mass is 284 g/mol. The molecule has 0 bridgehead atoms. The zero-order chi connectivity index (χ0) is 14.7. The van der Waals surface area contributed by atoms with Gasteiger partial charge in [0, 0.05) is 24.0 Å². The van der Waals surface area contributed by atoms with Gasteiger partial charge < -0.3 is 15.8 Å². The van der Waals surface area contributed by atoms with Crippen molar-refractivity contribution in [3.63, 3.8) is 0 Å². The second-order valence-corrected chi connectivity index (χ2v) is 5.84. The van der Waals surface area contributed by atoms with Crippen molar-refractivity contribution in [1.29, 1.82) is 0 Å². The molecule has 3 nitrogen and oxygen atoms in total. The predicted octanol–water partition coefficient (Wildman–Crippen LogP) is 3.38. The van der Waals surface area contributed by atoms with Gasteiger partial charge in [-0.05, 0) is 29.9 Å². The molecule has 0 saturated heterocycles. The number of benzene rings is 2. The highest BCUT2D eigenvalue weighted by molar-refractivity contribution is 5.91. The van der Waals surface area contributed by atoms with Gasteiger partial charge in [0.1, 0.15) is 5.75 Å². The van der Waals surface area contributed by atoms with Gasteiger partial charge in [0.25, 0.3) is 0 Å². The molecule has 0 radical (unpaired) electrons. The Hall–Kier alpha value is -1.58. The van der Waals surface area contributed by atoms with Crippen LogP contribution in [0.25, 0.3) is 10.8 Å². The average molecular weight is 284 g/mol. The lowest BCUT2D eigenvalue weighted by atomic mass is 9.97. The average Bonchev–Trinajstić information content (AvgIpc) is 3.05. The Labute approximate surface area is 126 Å². The molecule has 0 spiro atoms. The van der Waals surface area contributed by atoms with E-state index in [2.05, 4.69) is 41.7 Å². The summed E-state index contributed by atoms with van der Waals surface area (Å²) in [5.41, 5.74) is 7.33. The molecule has 3 heteroatoms. The minimum absolute atomic E-state index is 0.212. The predicted molar refractivity (Wildman–Crippen MR) is 87.7 cm³/mol. The number of nitrogens with one attached hydrogen (secondary N) is 1. The number of methoxy groups -OCH3 is 1. The van der Waals surface area contributed by atoms with Crippen LogP contribution < -0.4 is 15.8 Å². The van der Waals surface area contributed by atoms with Gasteiger partial charge >= 0.3 is 0 Å². The van der Waals surface area contributed by atoms with E-state index in [1.54, 1.807) is 7.11 Å². The molecular formula is C18H24N2O. The second-order valence-electron chi connectivity index (χ2n) is 5.84. The van der Waals surface area contributed by atoms with E-state index < -0.39 is 0 Å². The zero-order valence-corrected chi connectivity index (χ0v) is 12.6. The summed E-state index contributed by atoms with van der Waals surface area (Å²) < 4.78 is 5.48. The number of nitrogens with two attached hydrogens (primary N) is 1. The van der Waals surface area contributed by atoms with Crippen molar-refractivity contribution in [2.75, 3.05) is 13.7 Å². The molecule has 112 valence electrons. The van der Waals surface area contributed by atoms with Gasteiger partial charge in [-0.25, -0.2) is 0 Å². The summed E-state index contributed by atoms with van der Waals surface area (Å²) >= 11 is 0. The maximum Gasteiger partial charge on any atom is 0.126 e. The van der Waals surface area contributed by atoms with E-state index in [-0.39, 0.29) is 6.04 Å². The number of hydrogen-bond acceptors (Lipinski definition) is 3. The van der Waals surface area contributed by atoms with E-state index in [0.29, 0.717) is 12.6 Å². The number of rotatable bonds is 5. The highest BCUT2D eigenvalue weighted by atomic mass is 16.5. The first kappa shape index (κ1) is 14.4. The van der Waals surface area contributed by atoms with Crippen molar-refractivity contribution in [3.05, 3.63) is 42.0 Å². The molecule has 21 heavy (non-hydrogen) atoms. The third kappa shape index (κ3) is 2.89. The molecule has 3 rings (SSSR count). The number of ether oxygens (including phenoxy) is 1. The lowest BCUT2D eigenvalue weighted by Crippen LogP contribution is -2.35. The Morgan fingerprint density at radius 1 is 1.14 bits per heavy atom. The van der Waals surface area contributed by atoms with Gasteiger partial charge in [0.15, 0.2) is 0 Å². The minimum atomic E-state index is 0.212. The fourth-order valence-corrected chi connectivity index (χ4v) is 3.44. The van der Waals surface area contributed by atoms with Crippen molar-refractivity contribution < 1.29 is 4.74 Å². The third-order valence-electron chi connectivity index (χ3n) is 4.54. The standard InChI is InChI=1S/C18H24N2O/c1-21-18-11-10-15(14-8-4-5-9-16(14)18)17(12-19)20-13-6-2-3-7-13/h4-5,8-11,13,17,20H,2-3,6-7,12,19H2,1H3. The molecule has 1 aliphatic rings. The lowest BCUT2D eigenvalue weighted by molar-refractivity contribution is 0.418. The summed E-state index contributed by atoms with van der Waals surface area (Å²) in [6.45, 7) is 0.618. The fraction of sp³-hybridized carbons (Fsp3) is 0.444. The highest BCUT2D eigenvalue weighted by Crippen LogP contribution is 2.32. The number of fused-ring (bicyclic) bond motifs is 1. The van der Waals surface area contributed by atoms with Crippen LogP contribution in [-0.4, -0.2) is 19.7 Å². The Bertz CT molecular complexity index is 605. The summed E-state index contributed by atoms with van der Waals surface area (Å²) in [6.07, 6.45) is 5.20. The SMILES string of the molecule is COc1ccc(C(CN)NC2CCCC2)c2ccccc12. The Morgan fingerprint density at radius 2 is 1.86 bits per heavy atom. The lowest BCUT2D eigenvalue weighted by Gasteiger charge is -2.24. The van der Waals surface area contributed by atoms with Crippen LogP contribution in [0.5, 0.6) is 5.75 Å². The Balaban J connectivity index is 1.97. The Morgan fingerprint density at radius 3 is 2.52 bits per heavy atom. The van der Waals surface area contributed by atoms with Crippen molar-refractivity contribution in [3.8, 4) is 5.75 Å². The minimum Gasteiger partial charge on any atom is -0.496 e. The second kappa shape index (κ2) is 6.46. The van der Waals surface area contributed by atoms with Gasteiger partial charge in [-0.1, -0.05) is 43.2 Å². The Kier molecular flexibility index (Phi) is 4.42. The molecule has 3 N–H and O–H groups in total. The summed E-state index contributed by atoms with van der Waals surface area (Å²) in [5, 5.41) is 6.14. The summed E-state index contributed by atoms with van der Waals surface area (Å²) in [4.78, 5) is 0. The summed E-state index contributed by atoms with van der Waals surface area (Å²) in [5.74, 6) is 0.922. The summed E-state index contributed by atoms with van der Waals surface area (Å²) in [7, 11) is 1.72. The van der Waals surface area contributed by atoms with Crippen molar-refractivity contribution in [2.24, 2.45) is 5.73 Å². The van der Waals surface area contributed by atoms with Crippen molar-refractivity contribution in [1.82, 2.24) is 5.32 Å². The largest absolute Gasteiger partial charge is 0.496 e. The topological polar surface area (TPSA) is 47.3 Å². The van der Waals surface area contributed by atoms with Crippen LogP contribution in [0.3, 0.4) is 0 Å². The van der Waals surface area contributed by atoms with Crippen LogP contribution in [0.2, 0.25) is 0 Å². The first-order valence-corrected chi connectivity index (χ1v) is 7.85. The molecule has 2 aromatic rings. The van der Waals surface area contributed by atoms with Crippen LogP contribution >= 0.6 is 0 Å². The molecule has 1 aliphatic carbocycles. The molecule has 1 saturated carbocycles. The van der Waals surface area contributed by atoms with Gasteiger partial charge in [-0.2, -0.15) is 0 Å². The quantitative estimate of drug-likeness (QED) is 0.885. The van der Waals surface area contributed by atoms with Crippen molar-refractivity contribution >= 4 is 10.8 Å². The van der Waals surface area contributed by atoms with Crippen LogP contribution in [0.15, 0.2) is 36.4 Å². The smallest absolute Gasteiger partial charge is 0.126 e. The van der Waals surface area contributed by atoms with Crippen LogP contribution in [0.1, 0.15) is 37.3 Å². The molecule has 0 heterocycles. The van der Waals surface area contributed by atoms with Gasteiger partial charge in [0.05, 0.1) is 7.11 Å². The molecule has 1 atom stereocenters. The zero-order valence-electron chi connectivity index (χ0n) is 12.6. The van der Waals surface area contributed by atoms with E-state index in [0.717, 1.165) is 11.1 Å². The van der Waals surface area contributed by atoms with E-state index in [9.17, 15) is 0 Å². The van der Waals surface area contributed by atoms with Gasteiger partial charge in [0.2, 0.25) is 0 Å². The van der Waals surface area contributed by atoms with Crippen LogP contribution in [0.4, 0.5) is 0 Å². The maximum atomic E-state index is 6.05. The van der Waals surface area contributed by atoms with Gasteiger partial charge in [-0.3, -0.25) is 0 Å². The molecule has 0 aliphatic heterocycles. The van der Waals surface area contributed by atoms with Crippen molar-refractivity contribution in [2.45, 2.75) is 37.8 Å². The van der Waals surface area contributed by atoms with E-state index in [1.165, 1.54) is 36.6 Å². The highest BCUT2D eigenvalue weighted by Gasteiger charge is 2.21. The number of hydrogen-bond donors (Lipinski definition) is 2. The van der Waals surface area contributed by atoms with E-state index >= 15 is 0 Å². The maximum absolute atomic E-state index is 6.05. The first-order chi connectivity index (χ1) is 10.3. The molecule has 0 amide bonds. The summed E-state index contributed by atoms with van der Waals surface area (Å²) in [6, 6.07) is 13.4. The molecule has 2 aromatic carbocycles. The molecule has 1 unspecified atom stereocenters. The molecule has 1 fully saturated rings. The third-order valence-corrected chi connectivity index (χ3v) is 4.54. The molecular weight excluding hydrogens is 260 g/mol.